The van der Waals surface area contributed by atoms with Crippen LogP contribution >= 0.6 is 0 Å². The molecule has 5 nitrogen and oxygen atoms in total. The Bertz CT molecular complexity index is 697. The van der Waals surface area contributed by atoms with Crippen LogP contribution in [0.2, 0.25) is 0 Å². The van der Waals surface area contributed by atoms with Gasteiger partial charge in [0, 0.05) is 12.6 Å². The molecular formula is C20H27N3O2. The molecule has 2 aromatic rings. The lowest BCUT2D eigenvalue weighted by molar-refractivity contribution is 0.332. The van der Waals surface area contributed by atoms with Crippen molar-refractivity contribution < 1.29 is 9.47 Å². The van der Waals surface area contributed by atoms with Gasteiger partial charge in [0.15, 0.2) is 5.96 Å². The van der Waals surface area contributed by atoms with Crippen LogP contribution in [0.3, 0.4) is 0 Å². The average molecular weight is 341 g/mol. The Morgan fingerprint density at radius 3 is 2.44 bits per heavy atom. The summed E-state index contributed by atoms with van der Waals surface area (Å²) < 4.78 is 11.2. The van der Waals surface area contributed by atoms with E-state index in [0.717, 1.165) is 23.6 Å². The number of rotatable bonds is 8. The highest BCUT2D eigenvalue weighted by Crippen LogP contribution is 2.29. The Morgan fingerprint density at radius 2 is 1.76 bits per heavy atom. The molecule has 0 saturated heterocycles. The number of benzene rings is 2. The Labute approximate surface area is 149 Å². The fourth-order valence-electron chi connectivity index (χ4n) is 2.38. The number of nitrogens with one attached hydrogen (secondary N) is 1. The lowest BCUT2D eigenvalue weighted by Crippen LogP contribution is -2.23. The Morgan fingerprint density at radius 1 is 1.04 bits per heavy atom. The summed E-state index contributed by atoms with van der Waals surface area (Å²) in [6.45, 7) is 7.78. The Balaban J connectivity index is 2.00. The van der Waals surface area contributed by atoms with Gasteiger partial charge in [0.1, 0.15) is 11.5 Å². The maximum Gasteiger partial charge on any atom is 0.193 e. The molecule has 0 unspecified atom stereocenters. The first-order chi connectivity index (χ1) is 12.1. The molecule has 0 amide bonds. The minimum atomic E-state index is 0.363. The number of hydrogen-bond acceptors (Lipinski definition) is 3. The van der Waals surface area contributed by atoms with Crippen molar-refractivity contribution in [2.24, 2.45) is 10.7 Å². The maximum atomic E-state index is 6.03. The first kappa shape index (κ1) is 18.6. The predicted molar refractivity (Wildman–Crippen MR) is 104 cm³/mol. The molecule has 0 aliphatic carbocycles. The summed E-state index contributed by atoms with van der Waals surface area (Å²) in [5.74, 6) is 1.85. The van der Waals surface area contributed by atoms with Gasteiger partial charge in [0.2, 0.25) is 0 Å². The molecular weight excluding hydrogens is 314 g/mol. The molecule has 134 valence electrons. The number of nitrogens with two attached hydrogens (primary N) is 1. The van der Waals surface area contributed by atoms with E-state index in [4.69, 9.17) is 15.2 Å². The summed E-state index contributed by atoms with van der Waals surface area (Å²) in [5.41, 5.74) is 9.28. The molecule has 25 heavy (non-hydrogen) atoms. The molecule has 0 saturated carbocycles. The third kappa shape index (κ3) is 6.03. The summed E-state index contributed by atoms with van der Waals surface area (Å²) in [7, 11) is 0. The maximum absolute atomic E-state index is 6.03. The van der Waals surface area contributed by atoms with E-state index in [1.165, 1.54) is 11.1 Å². The van der Waals surface area contributed by atoms with E-state index in [0.29, 0.717) is 25.7 Å². The van der Waals surface area contributed by atoms with Crippen LogP contribution in [0.4, 0.5) is 5.69 Å². The third-order valence-electron chi connectivity index (χ3n) is 3.63. The second-order valence-corrected chi connectivity index (χ2v) is 5.65. The zero-order valence-corrected chi connectivity index (χ0v) is 15.2. The molecule has 2 aromatic carbocycles. The minimum absolute atomic E-state index is 0.363. The zero-order valence-electron chi connectivity index (χ0n) is 15.2. The summed E-state index contributed by atoms with van der Waals surface area (Å²) in [5, 5.41) is 3.11. The molecule has 0 aromatic heterocycles. The van der Waals surface area contributed by atoms with Gasteiger partial charge in [0.05, 0.1) is 18.9 Å². The second-order valence-electron chi connectivity index (χ2n) is 5.65. The van der Waals surface area contributed by atoms with Crippen molar-refractivity contribution in [2.45, 2.75) is 27.2 Å². The summed E-state index contributed by atoms with van der Waals surface area (Å²) in [6, 6.07) is 14.1. The molecule has 0 heterocycles. The molecule has 0 bridgehead atoms. The summed E-state index contributed by atoms with van der Waals surface area (Å²) in [6.07, 6.45) is 0.847. The monoisotopic (exact) mass is 341 g/mol. The van der Waals surface area contributed by atoms with Gasteiger partial charge in [-0.3, -0.25) is 4.99 Å². The first-order valence-corrected chi connectivity index (χ1v) is 8.64. The van der Waals surface area contributed by atoms with Gasteiger partial charge in [-0.2, -0.15) is 0 Å². The highest BCUT2D eigenvalue weighted by Gasteiger charge is 2.07. The number of aliphatic imine (C=N–C) groups is 1. The number of nitrogens with zero attached hydrogens (tertiary/aromatic N) is 1. The quantitative estimate of drug-likeness (QED) is 0.566. The molecule has 5 heteroatoms. The van der Waals surface area contributed by atoms with E-state index in [1.54, 1.807) is 0 Å². The van der Waals surface area contributed by atoms with Crippen LogP contribution in [0.25, 0.3) is 0 Å². The lowest BCUT2D eigenvalue weighted by Gasteiger charge is -2.14. The Hall–Kier alpha value is -2.69. The molecule has 0 fully saturated rings. The molecule has 2 rings (SSSR count). The van der Waals surface area contributed by atoms with Crippen LogP contribution in [0.15, 0.2) is 47.5 Å². The van der Waals surface area contributed by atoms with Gasteiger partial charge in [0.25, 0.3) is 0 Å². The molecule has 3 N–H and O–H groups in total. The van der Waals surface area contributed by atoms with Crippen molar-refractivity contribution in [3.05, 3.63) is 53.6 Å². The topological polar surface area (TPSA) is 68.9 Å². The van der Waals surface area contributed by atoms with Gasteiger partial charge < -0.3 is 20.5 Å². The van der Waals surface area contributed by atoms with Crippen molar-refractivity contribution in [3.63, 3.8) is 0 Å². The van der Waals surface area contributed by atoms with E-state index >= 15 is 0 Å². The number of aryl methyl sites for hydroxylation is 1. The Kier molecular flexibility index (Phi) is 7.14. The largest absolute Gasteiger partial charge is 0.494 e. The molecule has 0 spiro atoms. The van der Waals surface area contributed by atoms with Crippen LogP contribution in [0.1, 0.15) is 25.0 Å². The van der Waals surface area contributed by atoms with Crippen molar-refractivity contribution in [1.82, 2.24) is 0 Å². The van der Waals surface area contributed by atoms with Gasteiger partial charge in [-0.15, -0.1) is 0 Å². The summed E-state index contributed by atoms with van der Waals surface area (Å²) >= 11 is 0. The van der Waals surface area contributed by atoms with Crippen molar-refractivity contribution >= 4 is 11.6 Å². The van der Waals surface area contributed by atoms with E-state index in [1.807, 2.05) is 32.0 Å². The van der Waals surface area contributed by atoms with Crippen LogP contribution in [-0.4, -0.2) is 25.7 Å². The normalized spacial score (nSPS) is 11.2. The molecule has 0 atom stereocenters. The van der Waals surface area contributed by atoms with Gasteiger partial charge in [-0.1, -0.05) is 29.8 Å². The highest BCUT2D eigenvalue weighted by atomic mass is 16.5. The van der Waals surface area contributed by atoms with Crippen LogP contribution < -0.4 is 20.5 Å². The SMILES string of the molecule is CCOc1ccc(OCC)c(NC(N)=NCCc2ccc(C)cc2)c1. The zero-order chi connectivity index (χ0) is 18.1. The second kappa shape index (κ2) is 9.57. The minimum Gasteiger partial charge on any atom is -0.494 e. The smallest absolute Gasteiger partial charge is 0.193 e. The standard InChI is InChI=1S/C20H27N3O2/c1-4-24-17-10-11-19(25-5-2)18(14-17)23-20(21)22-13-12-16-8-6-15(3)7-9-16/h6-11,14H,4-5,12-13H2,1-3H3,(H3,21,22,23). The van der Waals surface area contributed by atoms with Crippen LogP contribution in [-0.2, 0) is 6.42 Å². The number of ether oxygens (including phenoxy) is 2. The van der Waals surface area contributed by atoms with E-state index in [-0.39, 0.29) is 0 Å². The highest BCUT2D eigenvalue weighted by molar-refractivity contribution is 5.94. The molecule has 0 aliphatic rings. The average Bonchev–Trinajstić information content (AvgIpc) is 2.59. The van der Waals surface area contributed by atoms with Gasteiger partial charge in [-0.05, 0) is 44.9 Å². The van der Waals surface area contributed by atoms with E-state index in [9.17, 15) is 0 Å². The number of hydrogen-bond donors (Lipinski definition) is 2. The molecule has 0 aliphatic heterocycles. The van der Waals surface area contributed by atoms with Gasteiger partial charge >= 0.3 is 0 Å². The summed E-state index contributed by atoms with van der Waals surface area (Å²) in [4.78, 5) is 4.40. The van der Waals surface area contributed by atoms with Crippen molar-refractivity contribution in [2.75, 3.05) is 25.1 Å². The van der Waals surface area contributed by atoms with Crippen LogP contribution in [0.5, 0.6) is 11.5 Å². The van der Waals surface area contributed by atoms with E-state index in [2.05, 4.69) is 41.5 Å². The first-order valence-electron chi connectivity index (χ1n) is 8.64. The van der Waals surface area contributed by atoms with Crippen molar-refractivity contribution in [1.29, 1.82) is 0 Å². The van der Waals surface area contributed by atoms with Crippen LogP contribution in [0, 0.1) is 6.92 Å². The predicted octanol–water partition coefficient (Wildman–Crippen LogP) is 3.76. The number of guanidine groups is 1. The third-order valence-corrected chi connectivity index (χ3v) is 3.63. The van der Waals surface area contributed by atoms with E-state index < -0.39 is 0 Å². The molecule has 0 radical (unpaired) electrons. The fourth-order valence-corrected chi connectivity index (χ4v) is 2.38. The fraction of sp³-hybridized carbons (Fsp3) is 0.350. The van der Waals surface area contributed by atoms with Gasteiger partial charge in [-0.25, -0.2) is 0 Å². The number of anilines is 1. The lowest BCUT2D eigenvalue weighted by atomic mass is 10.1. The van der Waals surface area contributed by atoms with Crippen molar-refractivity contribution in [3.8, 4) is 11.5 Å².